The molecule has 3 unspecified atom stereocenters. The van der Waals surface area contributed by atoms with E-state index in [0.717, 1.165) is 38.5 Å². The molecule has 5 heteroatoms. The molecule has 0 rings (SSSR count). The van der Waals surface area contributed by atoms with E-state index in [1.165, 1.54) is 250 Å². The van der Waals surface area contributed by atoms with E-state index in [2.05, 4.69) is 19.2 Å². The second-order valence-electron chi connectivity index (χ2n) is 19.2. The maximum Gasteiger partial charge on any atom is 0.220 e. The summed E-state index contributed by atoms with van der Waals surface area (Å²) >= 11 is 0. The highest BCUT2D eigenvalue weighted by Gasteiger charge is 2.26. The van der Waals surface area contributed by atoms with Crippen LogP contribution in [0.15, 0.2) is 0 Å². The number of hydrogen-bond acceptors (Lipinski definition) is 4. The fraction of sp³-hybridized carbons (Fsp3) is 0.981. The molecule has 0 bridgehead atoms. The van der Waals surface area contributed by atoms with Gasteiger partial charge in [0, 0.05) is 6.42 Å². The number of carbonyl (C=O) groups excluding carboxylic acids is 1. The monoisotopic (exact) mass is 836 g/mol. The number of unbranched alkanes of at least 4 members (excludes halogenated alkanes) is 43. The van der Waals surface area contributed by atoms with Crippen molar-refractivity contribution in [2.45, 2.75) is 334 Å². The molecule has 0 aliphatic carbocycles. The Balaban J connectivity index is 3.34. The van der Waals surface area contributed by atoms with Gasteiger partial charge in [-0.25, -0.2) is 0 Å². The number of carbonyl (C=O) groups is 1. The molecule has 0 aromatic heterocycles. The van der Waals surface area contributed by atoms with Gasteiger partial charge in [0.25, 0.3) is 0 Å². The zero-order valence-corrected chi connectivity index (χ0v) is 40.4. The van der Waals surface area contributed by atoms with Crippen LogP contribution in [-0.2, 0) is 4.79 Å². The average Bonchev–Trinajstić information content (AvgIpc) is 3.24. The Hall–Kier alpha value is -0.650. The van der Waals surface area contributed by atoms with Gasteiger partial charge in [-0.3, -0.25) is 4.79 Å². The van der Waals surface area contributed by atoms with Gasteiger partial charge in [-0.15, -0.1) is 0 Å². The third kappa shape index (κ3) is 45.2. The van der Waals surface area contributed by atoms with Crippen LogP contribution < -0.4 is 5.32 Å². The number of hydrogen-bond donors (Lipinski definition) is 4. The lowest BCUT2D eigenvalue weighted by molar-refractivity contribution is -0.124. The summed E-state index contributed by atoms with van der Waals surface area (Å²) in [6, 6.07) is -0.801. The smallest absolute Gasteiger partial charge is 0.220 e. The van der Waals surface area contributed by atoms with Crippen LogP contribution in [0.2, 0.25) is 0 Å². The Morgan fingerprint density at radius 1 is 0.356 bits per heavy atom. The Kier molecular flexibility index (Phi) is 49.4. The first-order chi connectivity index (χ1) is 29.1. The Morgan fingerprint density at radius 3 is 0.814 bits per heavy atom. The van der Waals surface area contributed by atoms with Crippen molar-refractivity contribution in [1.82, 2.24) is 5.32 Å². The molecular weight excluding hydrogens is 727 g/mol. The van der Waals surface area contributed by atoms with Gasteiger partial charge in [-0.1, -0.05) is 296 Å². The zero-order chi connectivity index (χ0) is 43.0. The first kappa shape index (κ1) is 58.4. The summed E-state index contributed by atoms with van der Waals surface area (Å²) in [5.74, 6) is -0.140. The highest BCUT2D eigenvalue weighted by atomic mass is 16.3. The van der Waals surface area contributed by atoms with Crippen LogP contribution >= 0.6 is 0 Å². The molecule has 0 spiro atoms. The van der Waals surface area contributed by atoms with Gasteiger partial charge in [0.15, 0.2) is 0 Å². The predicted molar refractivity (Wildman–Crippen MR) is 259 cm³/mol. The van der Waals surface area contributed by atoms with Crippen molar-refractivity contribution in [2.75, 3.05) is 6.61 Å². The lowest BCUT2D eigenvalue weighted by Crippen LogP contribution is -2.50. The van der Waals surface area contributed by atoms with E-state index >= 15 is 0 Å². The van der Waals surface area contributed by atoms with Gasteiger partial charge in [0.1, 0.15) is 6.10 Å². The predicted octanol–water partition coefficient (Wildman–Crippen LogP) is 16.6. The topological polar surface area (TPSA) is 89.8 Å². The maximum atomic E-state index is 12.4. The Labute approximate surface area is 370 Å². The molecule has 5 nitrogen and oxygen atoms in total. The molecule has 4 N–H and O–H groups in total. The average molecular weight is 836 g/mol. The van der Waals surface area contributed by atoms with Crippen molar-refractivity contribution in [1.29, 1.82) is 0 Å². The summed E-state index contributed by atoms with van der Waals surface area (Å²) in [4.78, 5) is 12.4. The lowest BCUT2D eigenvalue weighted by Gasteiger charge is -2.26. The first-order valence-electron chi connectivity index (χ1n) is 27.3. The largest absolute Gasteiger partial charge is 0.394 e. The van der Waals surface area contributed by atoms with Crippen molar-refractivity contribution in [3.8, 4) is 0 Å². The highest BCUT2D eigenvalue weighted by molar-refractivity contribution is 5.76. The normalized spacial score (nSPS) is 13.2. The fourth-order valence-electron chi connectivity index (χ4n) is 8.99. The summed E-state index contributed by atoms with van der Waals surface area (Å²) < 4.78 is 0. The van der Waals surface area contributed by atoms with Crippen molar-refractivity contribution in [3.63, 3.8) is 0 Å². The Bertz CT molecular complexity index is 792. The van der Waals surface area contributed by atoms with Crippen LogP contribution in [0.5, 0.6) is 0 Å². The number of rotatable bonds is 51. The lowest BCUT2D eigenvalue weighted by atomic mass is 9.99. The Morgan fingerprint density at radius 2 is 0.576 bits per heavy atom. The molecule has 354 valence electrons. The van der Waals surface area contributed by atoms with Gasteiger partial charge in [0.05, 0.1) is 18.8 Å². The van der Waals surface area contributed by atoms with Crippen LogP contribution in [0.1, 0.15) is 316 Å². The number of aliphatic hydroxyl groups is 3. The third-order valence-corrected chi connectivity index (χ3v) is 13.2. The van der Waals surface area contributed by atoms with Gasteiger partial charge in [0.2, 0.25) is 5.91 Å². The molecular formula is C54H109NO4. The van der Waals surface area contributed by atoms with Crippen molar-refractivity contribution >= 4 is 5.91 Å². The minimum absolute atomic E-state index is 0.140. The summed E-state index contributed by atoms with van der Waals surface area (Å²) in [7, 11) is 0. The maximum absolute atomic E-state index is 12.4. The van der Waals surface area contributed by atoms with Crippen LogP contribution in [0.25, 0.3) is 0 Å². The van der Waals surface area contributed by atoms with Crippen molar-refractivity contribution in [2.24, 2.45) is 0 Å². The van der Waals surface area contributed by atoms with E-state index in [9.17, 15) is 20.1 Å². The van der Waals surface area contributed by atoms with Gasteiger partial charge < -0.3 is 20.6 Å². The summed E-state index contributed by atoms with van der Waals surface area (Å²) in [5.41, 5.74) is 0. The van der Waals surface area contributed by atoms with E-state index < -0.39 is 18.2 Å². The van der Waals surface area contributed by atoms with Gasteiger partial charge in [-0.2, -0.15) is 0 Å². The summed E-state index contributed by atoms with van der Waals surface area (Å²) in [6.07, 6.45) is 60.1. The molecule has 0 fully saturated rings. The molecule has 0 aliphatic rings. The molecule has 0 aliphatic heterocycles. The van der Waals surface area contributed by atoms with E-state index in [1.54, 1.807) is 0 Å². The van der Waals surface area contributed by atoms with Gasteiger partial charge in [-0.05, 0) is 12.8 Å². The van der Waals surface area contributed by atoms with Crippen LogP contribution in [-0.4, -0.2) is 46.1 Å². The fourth-order valence-corrected chi connectivity index (χ4v) is 8.99. The van der Waals surface area contributed by atoms with Crippen LogP contribution in [0.3, 0.4) is 0 Å². The standard InChI is InChI=1S/C54H109NO4/c1-3-5-7-9-11-13-14-15-16-17-18-19-20-21-22-23-24-25-26-27-28-29-30-31-32-33-34-35-36-37-38-39-40-41-43-45-47-49-53(58)55-51(50-56)54(59)52(57)48-46-44-42-12-10-8-6-4-2/h51-52,54,56-57,59H,3-50H2,1-2H3,(H,55,58). The van der Waals surface area contributed by atoms with Crippen molar-refractivity contribution in [3.05, 3.63) is 0 Å². The molecule has 1 amide bonds. The van der Waals surface area contributed by atoms with E-state index in [-0.39, 0.29) is 12.5 Å². The molecule has 0 aromatic carbocycles. The molecule has 0 saturated carbocycles. The van der Waals surface area contributed by atoms with E-state index in [0.29, 0.717) is 12.8 Å². The molecule has 59 heavy (non-hydrogen) atoms. The number of aliphatic hydroxyl groups excluding tert-OH is 3. The summed E-state index contributed by atoms with van der Waals surface area (Å²) in [5, 5.41) is 33.4. The second kappa shape index (κ2) is 50.0. The van der Waals surface area contributed by atoms with Crippen LogP contribution in [0, 0.1) is 0 Å². The molecule has 0 aromatic rings. The minimum atomic E-state index is -1.13. The third-order valence-electron chi connectivity index (χ3n) is 13.2. The van der Waals surface area contributed by atoms with E-state index in [1.807, 2.05) is 0 Å². The SMILES string of the molecule is CCCCCCCCCCCCCCCCCCCCCCCCCCCCCCCCCCCCCCCC(=O)NC(CO)C(O)C(O)CCCCCCCCCC. The molecule has 0 radical (unpaired) electrons. The molecule has 0 heterocycles. The number of amides is 1. The summed E-state index contributed by atoms with van der Waals surface area (Å²) in [6.45, 7) is 4.17. The quantitative estimate of drug-likeness (QED) is 0.0460. The van der Waals surface area contributed by atoms with Crippen molar-refractivity contribution < 1.29 is 20.1 Å². The minimum Gasteiger partial charge on any atom is -0.394 e. The molecule has 3 atom stereocenters. The van der Waals surface area contributed by atoms with E-state index in [4.69, 9.17) is 0 Å². The zero-order valence-electron chi connectivity index (χ0n) is 40.4. The highest BCUT2D eigenvalue weighted by Crippen LogP contribution is 2.18. The molecule has 0 saturated heterocycles. The second-order valence-corrected chi connectivity index (χ2v) is 19.2. The number of nitrogens with one attached hydrogen (secondary N) is 1. The first-order valence-corrected chi connectivity index (χ1v) is 27.3. The van der Waals surface area contributed by atoms with Crippen LogP contribution in [0.4, 0.5) is 0 Å². The van der Waals surface area contributed by atoms with Gasteiger partial charge >= 0.3 is 0 Å².